The zero-order valence-corrected chi connectivity index (χ0v) is 7.78. The average molecular weight is 212 g/mol. The van der Waals surface area contributed by atoms with Crippen LogP contribution in [0.25, 0.3) is 0 Å². The number of nitro groups is 1. The van der Waals surface area contributed by atoms with Crippen molar-refractivity contribution in [2.75, 3.05) is 7.05 Å². The lowest BCUT2D eigenvalue weighted by Gasteiger charge is -2.08. The number of non-ortho nitro benzene ring substituents is 1. The maximum atomic E-state index is 10.9. The fraction of sp³-hybridized carbons (Fsp3) is 0.125. The van der Waals surface area contributed by atoms with Crippen molar-refractivity contribution < 1.29 is 19.7 Å². The molecule has 0 unspecified atom stereocenters. The normalized spacial score (nSPS) is 9.47. The number of benzene rings is 1. The van der Waals surface area contributed by atoms with Crippen LogP contribution in [0.15, 0.2) is 24.3 Å². The van der Waals surface area contributed by atoms with Gasteiger partial charge in [0.05, 0.1) is 4.92 Å². The lowest BCUT2D eigenvalue weighted by atomic mass is 10.3. The fourth-order valence-electron chi connectivity index (χ4n) is 0.803. The minimum absolute atomic E-state index is 0.104. The van der Waals surface area contributed by atoms with E-state index in [0.717, 1.165) is 7.05 Å². The number of nitro benzene ring substituents is 1. The number of hydrogen-bond acceptors (Lipinski definition) is 5. The Hall–Kier alpha value is -2.15. The maximum Gasteiger partial charge on any atom is 0.438 e. The molecule has 0 aliphatic rings. The zero-order valence-electron chi connectivity index (χ0n) is 7.78. The second-order valence-corrected chi connectivity index (χ2v) is 2.64. The van der Waals surface area contributed by atoms with Crippen molar-refractivity contribution >= 4 is 11.8 Å². The molecule has 0 fully saturated rings. The molecule has 0 saturated carbocycles. The number of carbonyl (C=O) groups is 1. The summed E-state index contributed by atoms with van der Waals surface area (Å²) in [6.07, 6.45) is -0.969. The SMILES string of the molecule is CN(O)C(=O)Oc1ccc([N+](=O)[O-])cc1. The van der Waals surface area contributed by atoms with Crippen LogP contribution in [0.3, 0.4) is 0 Å². The Bertz CT molecular complexity index is 373. The van der Waals surface area contributed by atoms with E-state index in [1.54, 1.807) is 0 Å². The minimum atomic E-state index is -0.969. The Morgan fingerprint density at radius 3 is 2.40 bits per heavy atom. The van der Waals surface area contributed by atoms with Gasteiger partial charge in [-0.05, 0) is 12.1 Å². The molecule has 0 aliphatic heterocycles. The first-order chi connectivity index (χ1) is 7.00. The molecule has 7 heteroatoms. The standard InChI is InChI=1S/C8H8N2O5/c1-9(12)8(11)15-7-4-2-6(3-5-7)10(13)14/h2-5,12H,1H3. The predicted octanol–water partition coefficient (Wildman–Crippen LogP) is 1.41. The lowest BCUT2D eigenvalue weighted by Crippen LogP contribution is -2.25. The third-order valence-corrected chi connectivity index (χ3v) is 1.52. The molecule has 7 nitrogen and oxygen atoms in total. The highest BCUT2D eigenvalue weighted by Crippen LogP contribution is 2.17. The molecule has 1 N–H and O–H groups in total. The monoisotopic (exact) mass is 212 g/mol. The Morgan fingerprint density at radius 1 is 1.47 bits per heavy atom. The Labute approximate surface area is 84.6 Å². The predicted molar refractivity (Wildman–Crippen MR) is 48.7 cm³/mol. The first-order valence-corrected chi connectivity index (χ1v) is 3.89. The number of nitrogens with zero attached hydrogens (tertiary/aromatic N) is 2. The summed E-state index contributed by atoms with van der Waals surface area (Å²) < 4.78 is 4.62. The van der Waals surface area contributed by atoms with Crippen LogP contribution in [0.5, 0.6) is 5.75 Å². The third-order valence-electron chi connectivity index (χ3n) is 1.52. The van der Waals surface area contributed by atoms with Gasteiger partial charge in [0.1, 0.15) is 5.75 Å². The highest BCUT2D eigenvalue weighted by atomic mass is 16.6. The molecule has 0 radical (unpaired) electrons. The molecule has 15 heavy (non-hydrogen) atoms. The lowest BCUT2D eigenvalue weighted by molar-refractivity contribution is -0.384. The van der Waals surface area contributed by atoms with E-state index in [1.165, 1.54) is 24.3 Å². The molecule has 0 aromatic heterocycles. The van der Waals surface area contributed by atoms with Crippen LogP contribution >= 0.6 is 0 Å². The van der Waals surface area contributed by atoms with Crippen LogP contribution in [-0.4, -0.2) is 28.3 Å². The Morgan fingerprint density at radius 2 is 2.00 bits per heavy atom. The molecular weight excluding hydrogens is 204 g/mol. The number of hydrogen-bond donors (Lipinski definition) is 1. The van der Waals surface area contributed by atoms with Gasteiger partial charge in [0, 0.05) is 19.2 Å². The average Bonchev–Trinajstić information content (AvgIpc) is 2.18. The van der Waals surface area contributed by atoms with Gasteiger partial charge in [-0.15, -0.1) is 0 Å². The van der Waals surface area contributed by atoms with Crippen LogP contribution in [0.1, 0.15) is 0 Å². The summed E-state index contributed by atoms with van der Waals surface area (Å²) >= 11 is 0. The van der Waals surface area contributed by atoms with Crippen LogP contribution < -0.4 is 4.74 Å². The van der Waals surface area contributed by atoms with Gasteiger partial charge >= 0.3 is 6.09 Å². The second kappa shape index (κ2) is 4.38. The highest BCUT2D eigenvalue weighted by Gasteiger charge is 2.10. The van der Waals surface area contributed by atoms with Crippen molar-refractivity contribution in [3.05, 3.63) is 34.4 Å². The van der Waals surface area contributed by atoms with Crippen molar-refractivity contribution in [3.8, 4) is 5.75 Å². The summed E-state index contributed by atoms with van der Waals surface area (Å²) in [4.78, 5) is 20.6. The van der Waals surface area contributed by atoms with Gasteiger partial charge in [0.15, 0.2) is 0 Å². The summed E-state index contributed by atoms with van der Waals surface area (Å²) in [5.41, 5.74) is -0.104. The van der Waals surface area contributed by atoms with E-state index in [-0.39, 0.29) is 16.5 Å². The Kier molecular flexibility index (Phi) is 3.19. The van der Waals surface area contributed by atoms with E-state index in [0.29, 0.717) is 0 Å². The number of ether oxygens (including phenoxy) is 1. The number of hydroxylamine groups is 2. The van der Waals surface area contributed by atoms with Gasteiger partial charge in [0.2, 0.25) is 0 Å². The molecule has 1 rings (SSSR count). The molecule has 1 aromatic carbocycles. The van der Waals surface area contributed by atoms with E-state index in [9.17, 15) is 14.9 Å². The van der Waals surface area contributed by atoms with E-state index < -0.39 is 11.0 Å². The summed E-state index contributed by atoms with van der Waals surface area (Å²) in [6.45, 7) is 0. The highest BCUT2D eigenvalue weighted by molar-refractivity contribution is 5.69. The number of rotatable bonds is 2. The summed E-state index contributed by atoms with van der Waals surface area (Å²) in [5.74, 6) is 0.117. The van der Waals surface area contributed by atoms with Crippen molar-refractivity contribution in [1.82, 2.24) is 5.06 Å². The largest absolute Gasteiger partial charge is 0.438 e. The van der Waals surface area contributed by atoms with E-state index in [1.807, 2.05) is 0 Å². The van der Waals surface area contributed by atoms with Gasteiger partial charge in [-0.25, -0.2) is 4.79 Å². The molecule has 1 aromatic rings. The van der Waals surface area contributed by atoms with Gasteiger partial charge in [-0.2, -0.15) is 5.06 Å². The molecule has 0 saturated heterocycles. The first kappa shape index (κ1) is 10.9. The smallest absolute Gasteiger partial charge is 0.409 e. The van der Waals surface area contributed by atoms with E-state index in [2.05, 4.69) is 4.74 Å². The van der Waals surface area contributed by atoms with Crippen LogP contribution in [0.4, 0.5) is 10.5 Å². The second-order valence-electron chi connectivity index (χ2n) is 2.64. The topological polar surface area (TPSA) is 92.9 Å². The number of amides is 1. The van der Waals surface area contributed by atoms with Gasteiger partial charge < -0.3 is 4.74 Å². The summed E-state index contributed by atoms with van der Waals surface area (Å²) in [5, 5.41) is 19.2. The number of carbonyl (C=O) groups excluding carboxylic acids is 1. The molecule has 80 valence electrons. The molecule has 0 bridgehead atoms. The zero-order chi connectivity index (χ0) is 11.4. The first-order valence-electron chi connectivity index (χ1n) is 3.89. The molecular formula is C8H8N2O5. The molecule has 0 aliphatic carbocycles. The van der Waals surface area contributed by atoms with Gasteiger partial charge in [0.25, 0.3) is 5.69 Å². The molecule has 0 spiro atoms. The van der Waals surface area contributed by atoms with Crippen LogP contribution in [0, 0.1) is 10.1 Å². The fourth-order valence-corrected chi connectivity index (χ4v) is 0.803. The quantitative estimate of drug-likeness (QED) is 0.454. The molecule has 1 amide bonds. The van der Waals surface area contributed by atoms with E-state index in [4.69, 9.17) is 5.21 Å². The molecule has 0 heterocycles. The van der Waals surface area contributed by atoms with Crippen molar-refractivity contribution in [2.24, 2.45) is 0 Å². The van der Waals surface area contributed by atoms with E-state index >= 15 is 0 Å². The summed E-state index contributed by atoms with van der Waals surface area (Å²) in [6, 6.07) is 4.92. The van der Waals surface area contributed by atoms with Crippen LogP contribution in [0.2, 0.25) is 0 Å². The summed E-state index contributed by atoms with van der Waals surface area (Å²) in [7, 11) is 1.10. The van der Waals surface area contributed by atoms with Gasteiger partial charge in [-0.1, -0.05) is 0 Å². The van der Waals surface area contributed by atoms with Crippen LogP contribution in [-0.2, 0) is 0 Å². The van der Waals surface area contributed by atoms with Crippen molar-refractivity contribution in [1.29, 1.82) is 0 Å². The maximum absolute atomic E-state index is 10.9. The van der Waals surface area contributed by atoms with Gasteiger partial charge in [-0.3, -0.25) is 15.3 Å². The van der Waals surface area contributed by atoms with Crippen molar-refractivity contribution in [3.63, 3.8) is 0 Å². The third kappa shape index (κ3) is 2.92. The van der Waals surface area contributed by atoms with Crippen molar-refractivity contribution in [2.45, 2.75) is 0 Å². The molecule has 0 atom stereocenters. The Balaban J connectivity index is 2.73. The minimum Gasteiger partial charge on any atom is -0.409 e.